The van der Waals surface area contributed by atoms with E-state index < -0.39 is 0 Å². The maximum atomic E-state index is 5.94. The second-order valence-electron chi connectivity index (χ2n) is 3.81. The predicted octanol–water partition coefficient (Wildman–Crippen LogP) is 6.02. The maximum Gasteiger partial charge on any atom is 0.0630 e. The summed E-state index contributed by atoms with van der Waals surface area (Å²) < 4.78 is 1.98. The van der Waals surface area contributed by atoms with Gasteiger partial charge in [0.25, 0.3) is 0 Å². The minimum absolute atomic E-state index is 0.722. The highest BCUT2D eigenvalue weighted by molar-refractivity contribution is 9.11. The largest absolute Gasteiger partial charge is 0.383 e. The molecule has 1 rings (SSSR count). The van der Waals surface area contributed by atoms with Crippen molar-refractivity contribution in [2.24, 2.45) is 0 Å². The molecule has 0 aliphatic carbocycles. The van der Waals surface area contributed by atoms with Crippen LogP contribution in [0.25, 0.3) is 0 Å². The molecule has 1 nitrogen and oxygen atoms in total. The minimum atomic E-state index is 0.722. The maximum absolute atomic E-state index is 5.94. The first-order valence-electron chi connectivity index (χ1n) is 5.64. The molecule has 0 amide bonds. The summed E-state index contributed by atoms with van der Waals surface area (Å²) in [6, 6.07) is 3.79. The van der Waals surface area contributed by atoms with Crippen molar-refractivity contribution in [2.45, 2.75) is 25.7 Å². The van der Waals surface area contributed by atoms with E-state index in [2.05, 4.69) is 43.8 Å². The molecule has 1 aromatic rings. The van der Waals surface area contributed by atoms with Crippen molar-refractivity contribution in [2.75, 3.05) is 11.9 Å². The smallest absolute Gasteiger partial charge is 0.0630 e. The monoisotopic (exact) mass is 379 g/mol. The number of allylic oxidation sites excluding steroid dienone is 1. The van der Waals surface area contributed by atoms with Crippen molar-refractivity contribution < 1.29 is 0 Å². The first kappa shape index (κ1) is 15.1. The number of anilines is 1. The zero-order chi connectivity index (χ0) is 12.7. The average Bonchev–Trinajstić information content (AvgIpc) is 2.26. The number of hydrogen-bond donors (Lipinski definition) is 1. The third-order valence-electron chi connectivity index (χ3n) is 2.39. The fraction of sp³-hybridized carbons (Fsp3) is 0.385. The lowest BCUT2D eigenvalue weighted by Gasteiger charge is -2.11. The van der Waals surface area contributed by atoms with Crippen LogP contribution >= 0.6 is 43.5 Å². The Morgan fingerprint density at radius 2 is 1.82 bits per heavy atom. The highest BCUT2D eigenvalue weighted by atomic mass is 79.9. The SMILES string of the molecule is C=CCCCCCNc1c(Br)cc(Cl)cc1Br. The summed E-state index contributed by atoms with van der Waals surface area (Å²) in [5, 5.41) is 4.13. The van der Waals surface area contributed by atoms with Crippen LogP contribution < -0.4 is 5.32 Å². The van der Waals surface area contributed by atoms with E-state index in [0.29, 0.717) is 0 Å². The van der Waals surface area contributed by atoms with E-state index in [-0.39, 0.29) is 0 Å². The van der Waals surface area contributed by atoms with E-state index in [1.165, 1.54) is 12.8 Å². The van der Waals surface area contributed by atoms with Crippen molar-refractivity contribution in [3.05, 3.63) is 38.8 Å². The quantitative estimate of drug-likeness (QED) is 0.450. The van der Waals surface area contributed by atoms with Crippen LogP contribution in [0, 0.1) is 0 Å². The molecule has 0 bridgehead atoms. The molecule has 0 saturated carbocycles. The van der Waals surface area contributed by atoms with Crippen LogP contribution in [0.2, 0.25) is 5.02 Å². The Labute approximate surface area is 125 Å². The Hall–Kier alpha value is 0.01000. The topological polar surface area (TPSA) is 12.0 Å². The molecular weight excluding hydrogens is 365 g/mol. The highest BCUT2D eigenvalue weighted by Crippen LogP contribution is 2.34. The lowest BCUT2D eigenvalue weighted by Crippen LogP contribution is -2.02. The van der Waals surface area contributed by atoms with E-state index in [9.17, 15) is 0 Å². The summed E-state index contributed by atoms with van der Waals surface area (Å²) in [6.07, 6.45) is 6.68. The molecule has 0 heterocycles. The van der Waals surface area contributed by atoms with E-state index in [1.807, 2.05) is 18.2 Å². The van der Waals surface area contributed by atoms with E-state index in [1.54, 1.807) is 0 Å². The van der Waals surface area contributed by atoms with Crippen LogP contribution in [0.3, 0.4) is 0 Å². The molecule has 0 saturated heterocycles. The molecule has 0 aliphatic rings. The zero-order valence-corrected chi connectivity index (χ0v) is 13.5. The molecule has 1 N–H and O–H groups in total. The molecule has 0 fully saturated rings. The van der Waals surface area contributed by atoms with Crippen LogP contribution in [0.4, 0.5) is 5.69 Å². The van der Waals surface area contributed by atoms with E-state index >= 15 is 0 Å². The van der Waals surface area contributed by atoms with Crippen LogP contribution in [0.1, 0.15) is 25.7 Å². The van der Waals surface area contributed by atoms with Gasteiger partial charge in [0.1, 0.15) is 0 Å². The summed E-state index contributed by atoms with van der Waals surface area (Å²) in [5.41, 5.74) is 1.07. The Morgan fingerprint density at radius 3 is 2.41 bits per heavy atom. The number of hydrogen-bond acceptors (Lipinski definition) is 1. The molecule has 4 heteroatoms. The molecule has 17 heavy (non-hydrogen) atoms. The van der Waals surface area contributed by atoms with Gasteiger partial charge in [-0.2, -0.15) is 0 Å². The number of benzene rings is 1. The minimum Gasteiger partial charge on any atom is -0.383 e. The molecular formula is C13H16Br2ClN. The van der Waals surface area contributed by atoms with Crippen LogP contribution in [0.5, 0.6) is 0 Å². The van der Waals surface area contributed by atoms with Gasteiger partial charge in [0, 0.05) is 20.5 Å². The third-order valence-corrected chi connectivity index (χ3v) is 3.86. The fourth-order valence-electron chi connectivity index (χ4n) is 1.51. The molecule has 0 radical (unpaired) electrons. The molecule has 0 spiro atoms. The van der Waals surface area contributed by atoms with Gasteiger partial charge in [-0.1, -0.05) is 24.1 Å². The summed E-state index contributed by atoms with van der Waals surface area (Å²) in [7, 11) is 0. The van der Waals surface area contributed by atoms with Gasteiger partial charge in [0.2, 0.25) is 0 Å². The van der Waals surface area contributed by atoms with Crippen molar-refractivity contribution >= 4 is 49.1 Å². The molecule has 94 valence electrons. The summed E-state index contributed by atoms with van der Waals surface area (Å²) in [4.78, 5) is 0. The van der Waals surface area contributed by atoms with Crippen LogP contribution in [-0.4, -0.2) is 6.54 Å². The van der Waals surface area contributed by atoms with Gasteiger partial charge in [0.05, 0.1) is 5.69 Å². The Balaban J connectivity index is 2.39. The second-order valence-corrected chi connectivity index (χ2v) is 5.95. The van der Waals surface area contributed by atoms with Crippen molar-refractivity contribution in [3.8, 4) is 0 Å². The van der Waals surface area contributed by atoms with E-state index in [0.717, 1.165) is 39.0 Å². The summed E-state index contributed by atoms with van der Waals surface area (Å²) >= 11 is 12.9. The first-order chi connectivity index (χ1) is 8.15. The summed E-state index contributed by atoms with van der Waals surface area (Å²) in [5.74, 6) is 0. The first-order valence-corrected chi connectivity index (χ1v) is 7.61. The normalized spacial score (nSPS) is 10.3. The van der Waals surface area contributed by atoms with Crippen molar-refractivity contribution in [3.63, 3.8) is 0 Å². The van der Waals surface area contributed by atoms with Gasteiger partial charge in [-0.15, -0.1) is 6.58 Å². The highest BCUT2D eigenvalue weighted by Gasteiger charge is 2.05. The van der Waals surface area contributed by atoms with Crippen LogP contribution in [0.15, 0.2) is 33.7 Å². The Bertz CT molecular complexity index is 357. The fourth-order valence-corrected chi connectivity index (χ4v) is 3.46. The standard InChI is InChI=1S/C13H16Br2ClN/c1-2-3-4-5-6-7-17-13-11(14)8-10(16)9-12(13)15/h2,8-9,17H,1,3-7H2. The third kappa shape index (κ3) is 5.45. The zero-order valence-electron chi connectivity index (χ0n) is 9.61. The number of halogens is 3. The molecule has 0 aromatic heterocycles. The lowest BCUT2D eigenvalue weighted by molar-refractivity contribution is 0.708. The Kier molecular flexibility index (Phi) is 7.24. The summed E-state index contributed by atoms with van der Waals surface area (Å²) in [6.45, 7) is 4.69. The molecule has 0 aliphatic heterocycles. The van der Waals surface area contributed by atoms with Gasteiger partial charge in [0.15, 0.2) is 0 Å². The van der Waals surface area contributed by atoms with Gasteiger partial charge >= 0.3 is 0 Å². The van der Waals surface area contributed by atoms with Crippen molar-refractivity contribution in [1.29, 1.82) is 0 Å². The van der Waals surface area contributed by atoms with Gasteiger partial charge < -0.3 is 5.32 Å². The molecule has 0 unspecified atom stereocenters. The van der Waals surface area contributed by atoms with Gasteiger partial charge in [-0.05, 0) is 63.3 Å². The molecule has 1 aromatic carbocycles. The van der Waals surface area contributed by atoms with Crippen LogP contribution in [-0.2, 0) is 0 Å². The van der Waals surface area contributed by atoms with Crippen molar-refractivity contribution in [1.82, 2.24) is 0 Å². The number of nitrogens with one attached hydrogen (secondary N) is 1. The average molecular weight is 382 g/mol. The number of rotatable bonds is 7. The predicted molar refractivity (Wildman–Crippen MR) is 84.0 cm³/mol. The Morgan fingerprint density at radius 1 is 1.18 bits per heavy atom. The number of unbranched alkanes of at least 4 members (excludes halogenated alkanes) is 3. The van der Waals surface area contributed by atoms with Gasteiger partial charge in [-0.3, -0.25) is 0 Å². The second kappa shape index (κ2) is 8.17. The molecule has 0 atom stereocenters. The van der Waals surface area contributed by atoms with Gasteiger partial charge in [-0.25, -0.2) is 0 Å². The van der Waals surface area contributed by atoms with E-state index in [4.69, 9.17) is 11.6 Å². The lowest BCUT2D eigenvalue weighted by atomic mass is 10.2.